The lowest BCUT2D eigenvalue weighted by Crippen LogP contribution is -2.21. The highest BCUT2D eigenvalue weighted by molar-refractivity contribution is 5.80. The van der Waals surface area contributed by atoms with Crippen molar-refractivity contribution >= 4 is 22.4 Å². The summed E-state index contributed by atoms with van der Waals surface area (Å²) in [5.74, 6) is 0. The number of anilines is 1. The molecule has 1 aromatic heterocycles. The van der Waals surface area contributed by atoms with Crippen LogP contribution in [0.5, 0.6) is 0 Å². The number of rotatable bonds is 5. The Balaban J connectivity index is 1.94. The second-order valence-corrected chi connectivity index (χ2v) is 5.47. The second kappa shape index (κ2) is 6.17. The van der Waals surface area contributed by atoms with Crippen molar-refractivity contribution in [2.24, 2.45) is 14.1 Å². The van der Waals surface area contributed by atoms with E-state index in [0.717, 1.165) is 5.69 Å². The Morgan fingerprint density at radius 2 is 1.71 bits per heavy atom. The lowest BCUT2D eigenvalue weighted by atomic mass is 10.1. The Hall–Kier alpha value is -3.13. The molecule has 0 aliphatic carbocycles. The average Bonchev–Trinajstić information content (AvgIpc) is 2.79. The highest BCUT2D eigenvalue weighted by Gasteiger charge is 2.19. The summed E-state index contributed by atoms with van der Waals surface area (Å²) in [6.07, 6.45) is 0. The lowest BCUT2D eigenvalue weighted by molar-refractivity contribution is -0.385. The molecule has 1 heterocycles. The van der Waals surface area contributed by atoms with E-state index in [2.05, 4.69) is 10.9 Å². The van der Waals surface area contributed by atoms with E-state index in [9.17, 15) is 14.9 Å². The van der Waals surface area contributed by atoms with Gasteiger partial charge >= 0.3 is 5.69 Å². The summed E-state index contributed by atoms with van der Waals surface area (Å²) < 4.78 is 2.88. The molecule has 0 saturated heterocycles. The van der Waals surface area contributed by atoms with Crippen molar-refractivity contribution < 1.29 is 4.92 Å². The van der Waals surface area contributed by atoms with Gasteiger partial charge < -0.3 is 5.43 Å². The van der Waals surface area contributed by atoms with Crippen LogP contribution in [0.15, 0.2) is 47.3 Å². The molecule has 0 radical (unpaired) electrons. The molecule has 0 atom stereocenters. The molecule has 0 aliphatic heterocycles. The Morgan fingerprint density at radius 1 is 1.08 bits per heavy atom. The minimum Gasteiger partial charge on any atom is -0.321 e. The van der Waals surface area contributed by atoms with Crippen LogP contribution >= 0.6 is 0 Å². The number of benzene rings is 2. The van der Waals surface area contributed by atoms with Gasteiger partial charge in [-0.2, -0.15) is 0 Å². The van der Waals surface area contributed by atoms with Gasteiger partial charge in [0.2, 0.25) is 0 Å². The predicted molar refractivity (Wildman–Crippen MR) is 91.7 cm³/mol. The van der Waals surface area contributed by atoms with E-state index in [1.807, 2.05) is 30.3 Å². The molecule has 24 heavy (non-hydrogen) atoms. The average molecular weight is 327 g/mol. The zero-order chi connectivity index (χ0) is 17.3. The Kier molecular flexibility index (Phi) is 4.05. The number of nitrogens with one attached hydrogen (secondary N) is 2. The van der Waals surface area contributed by atoms with Crippen LogP contribution in [0.1, 0.15) is 5.56 Å². The van der Waals surface area contributed by atoms with Gasteiger partial charge in [0.1, 0.15) is 0 Å². The molecule has 0 saturated carbocycles. The normalized spacial score (nSPS) is 10.9. The van der Waals surface area contributed by atoms with Gasteiger partial charge in [-0.15, -0.1) is 0 Å². The van der Waals surface area contributed by atoms with Gasteiger partial charge in [-0.1, -0.05) is 18.2 Å². The van der Waals surface area contributed by atoms with E-state index in [1.54, 1.807) is 20.2 Å². The van der Waals surface area contributed by atoms with Crippen molar-refractivity contribution in [3.8, 4) is 0 Å². The first-order valence-electron chi connectivity index (χ1n) is 7.35. The highest BCUT2D eigenvalue weighted by Crippen LogP contribution is 2.25. The fraction of sp³-hybridized carbons (Fsp3) is 0.188. The first-order chi connectivity index (χ1) is 11.5. The number of hydrazine groups is 1. The van der Waals surface area contributed by atoms with E-state index >= 15 is 0 Å². The minimum atomic E-state index is -0.434. The Bertz CT molecular complexity index is 959. The maximum atomic E-state index is 12.0. The smallest absolute Gasteiger partial charge is 0.321 e. The van der Waals surface area contributed by atoms with Gasteiger partial charge in [-0.05, 0) is 18.2 Å². The van der Waals surface area contributed by atoms with Crippen LogP contribution in [0.2, 0.25) is 0 Å². The number of nitro benzene ring substituents is 1. The molecule has 2 N–H and O–H groups in total. The van der Waals surface area contributed by atoms with Crippen molar-refractivity contribution in [1.29, 1.82) is 0 Å². The molecule has 0 fully saturated rings. The predicted octanol–water partition coefficient (Wildman–Crippen LogP) is 1.90. The molecular formula is C16H17N5O3. The number of aromatic nitrogens is 2. The summed E-state index contributed by atoms with van der Waals surface area (Å²) in [7, 11) is 3.25. The molecule has 0 unspecified atom stereocenters. The number of nitro groups is 1. The molecule has 0 amide bonds. The Morgan fingerprint density at radius 3 is 2.33 bits per heavy atom. The van der Waals surface area contributed by atoms with Gasteiger partial charge in [0.15, 0.2) is 0 Å². The van der Waals surface area contributed by atoms with Crippen molar-refractivity contribution in [2.75, 3.05) is 5.43 Å². The second-order valence-electron chi connectivity index (χ2n) is 5.47. The maximum absolute atomic E-state index is 12.0. The minimum absolute atomic E-state index is 0.0222. The van der Waals surface area contributed by atoms with Gasteiger partial charge in [-0.3, -0.25) is 19.2 Å². The molecule has 0 aliphatic rings. The van der Waals surface area contributed by atoms with E-state index in [-0.39, 0.29) is 17.9 Å². The number of para-hydroxylation sites is 1. The summed E-state index contributed by atoms with van der Waals surface area (Å²) in [6, 6.07) is 12.6. The van der Waals surface area contributed by atoms with E-state index in [1.165, 1.54) is 15.2 Å². The third-order valence-electron chi connectivity index (χ3n) is 3.95. The summed E-state index contributed by atoms with van der Waals surface area (Å²) in [6.45, 7) is 0.240. The lowest BCUT2D eigenvalue weighted by Gasteiger charge is -2.09. The molecule has 3 aromatic rings. The molecule has 0 bridgehead atoms. The third kappa shape index (κ3) is 2.74. The van der Waals surface area contributed by atoms with E-state index in [4.69, 9.17) is 0 Å². The van der Waals surface area contributed by atoms with Crippen LogP contribution in [0.25, 0.3) is 11.0 Å². The van der Waals surface area contributed by atoms with Crippen LogP contribution in [-0.2, 0) is 20.6 Å². The number of hydrogen-bond donors (Lipinski definition) is 2. The van der Waals surface area contributed by atoms with Crippen LogP contribution < -0.4 is 16.5 Å². The molecule has 124 valence electrons. The molecular weight excluding hydrogens is 310 g/mol. The number of fused-ring (bicyclic) bond motifs is 1. The van der Waals surface area contributed by atoms with Crippen molar-refractivity contribution in [2.45, 2.75) is 6.54 Å². The SMILES string of the molecule is Cn1c(=O)n(C)c2cc([N+](=O)[O-])c(CNNc3ccccc3)cc21. The summed E-state index contributed by atoms with van der Waals surface area (Å²) in [5.41, 5.74) is 8.27. The maximum Gasteiger partial charge on any atom is 0.328 e. The molecule has 2 aromatic carbocycles. The molecule has 8 nitrogen and oxygen atoms in total. The van der Waals surface area contributed by atoms with Gasteiger partial charge in [0, 0.05) is 38.0 Å². The van der Waals surface area contributed by atoms with Crippen molar-refractivity contribution in [3.63, 3.8) is 0 Å². The molecule has 8 heteroatoms. The highest BCUT2D eigenvalue weighted by atomic mass is 16.6. The van der Waals surface area contributed by atoms with E-state index in [0.29, 0.717) is 16.6 Å². The van der Waals surface area contributed by atoms with Crippen LogP contribution in [0.4, 0.5) is 11.4 Å². The fourth-order valence-electron chi connectivity index (χ4n) is 2.65. The van der Waals surface area contributed by atoms with Crippen LogP contribution in [0.3, 0.4) is 0 Å². The zero-order valence-electron chi connectivity index (χ0n) is 13.3. The third-order valence-corrected chi connectivity index (χ3v) is 3.95. The van der Waals surface area contributed by atoms with Gasteiger partial charge in [0.25, 0.3) is 5.69 Å². The van der Waals surface area contributed by atoms with E-state index < -0.39 is 4.92 Å². The Labute approximate surface area is 137 Å². The first kappa shape index (κ1) is 15.8. The number of hydrogen-bond acceptors (Lipinski definition) is 5. The topological polar surface area (TPSA) is 94.1 Å². The van der Waals surface area contributed by atoms with Crippen LogP contribution in [-0.4, -0.2) is 14.1 Å². The quantitative estimate of drug-likeness (QED) is 0.551. The van der Waals surface area contributed by atoms with Crippen molar-refractivity contribution in [3.05, 3.63) is 68.6 Å². The number of nitrogens with zero attached hydrogens (tertiary/aromatic N) is 3. The van der Waals surface area contributed by atoms with Crippen LogP contribution in [0, 0.1) is 10.1 Å². The van der Waals surface area contributed by atoms with Gasteiger partial charge in [-0.25, -0.2) is 10.2 Å². The largest absolute Gasteiger partial charge is 0.328 e. The number of imidazole rings is 1. The fourth-order valence-corrected chi connectivity index (χ4v) is 2.65. The first-order valence-corrected chi connectivity index (χ1v) is 7.35. The molecule has 3 rings (SSSR count). The molecule has 0 spiro atoms. The summed E-state index contributed by atoms with van der Waals surface area (Å²) in [4.78, 5) is 22.9. The zero-order valence-corrected chi connectivity index (χ0v) is 13.3. The monoisotopic (exact) mass is 327 g/mol. The van der Waals surface area contributed by atoms with Crippen molar-refractivity contribution in [1.82, 2.24) is 14.6 Å². The van der Waals surface area contributed by atoms with Gasteiger partial charge in [0.05, 0.1) is 16.0 Å². The summed E-state index contributed by atoms with van der Waals surface area (Å²) >= 11 is 0. The number of aryl methyl sites for hydroxylation is 2. The standard InChI is InChI=1S/C16H17N5O3/c1-19-14-8-11(10-17-18-12-6-4-3-5-7-12)13(21(23)24)9-15(14)20(2)16(19)22/h3-9,17-18H,10H2,1-2H3. The summed E-state index contributed by atoms with van der Waals surface area (Å²) in [5, 5.41) is 11.4.